The number of anilines is 4. The lowest BCUT2D eigenvalue weighted by Crippen LogP contribution is -2.43. The summed E-state index contributed by atoms with van der Waals surface area (Å²) in [5, 5.41) is 29.0. The van der Waals surface area contributed by atoms with Crippen molar-refractivity contribution in [1.29, 1.82) is 0 Å². The Hall–Kier alpha value is -6.99. The van der Waals surface area contributed by atoms with Crippen LogP contribution in [0, 0.1) is 29.6 Å². The molecule has 9 rings (SSSR count). The summed E-state index contributed by atoms with van der Waals surface area (Å²) in [6.45, 7) is 0. The standard InChI is InChI=1S/C48H43ClN8O5/c1-54(2)32-14-6-28(7-15-32)50-52-30-10-18-34(19-11-30)56-45(59)37-23-22-36-38(43(37)47(56)61)26-40-44(42(36)39-25-27(49)5-24-41(39)58)48(62)57(46(40)60)35-20-12-31(13-21-35)53-51-29-8-16-33(17-9-29)55(3)4/h5-22,24-25,37-38,40,42-44,58H,23,26H2,1-4H3. The molecule has 6 unspecified atom stereocenters. The summed E-state index contributed by atoms with van der Waals surface area (Å²) in [6.07, 6.45) is 2.37. The van der Waals surface area contributed by atoms with Crippen LogP contribution < -0.4 is 19.6 Å². The zero-order valence-corrected chi connectivity index (χ0v) is 35.2. The molecule has 1 N–H and O–H groups in total. The number of rotatable bonds is 9. The number of aromatic hydroxyl groups is 1. The number of nitrogens with zero attached hydrogens (tertiary/aromatic N) is 8. The van der Waals surface area contributed by atoms with Crippen LogP contribution in [0.4, 0.5) is 45.5 Å². The highest BCUT2D eigenvalue weighted by atomic mass is 35.5. The predicted octanol–water partition coefficient (Wildman–Crippen LogP) is 10.1. The smallest absolute Gasteiger partial charge is 0.238 e. The van der Waals surface area contributed by atoms with Gasteiger partial charge >= 0.3 is 0 Å². The maximum atomic E-state index is 14.6. The summed E-state index contributed by atoms with van der Waals surface area (Å²) in [4.78, 5) is 64.3. The Balaban J connectivity index is 0.988. The molecule has 2 aliphatic heterocycles. The fourth-order valence-electron chi connectivity index (χ4n) is 9.42. The highest BCUT2D eigenvalue weighted by molar-refractivity contribution is 6.30. The summed E-state index contributed by atoms with van der Waals surface area (Å²) < 4.78 is 0. The van der Waals surface area contributed by atoms with E-state index < -0.39 is 47.3 Å². The average Bonchev–Trinajstić information content (AvgIpc) is 3.68. The fourth-order valence-corrected chi connectivity index (χ4v) is 9.60. The minimum atomic E-state index is -0.883. The molecule has 5 aromatic carbocycles. The summed E-state index contributed by atoms with van der Waals surface area (Å²) in [5.74, 6) is -6.09. The van der Waals surface area contributed by atoms with Gasteiger partial charge in [-0.2, -0.15) is 20.5 Å². The molecule has 0 bridgehead atoms. The van der Waals surface area contributed by atoms with Crippen LogP contribution in [-0.2, 0) is 19.2 Å². The third-order valence-corrected chi connectivity index (χ3v) is 12.7. The lowest BCUT2D eigenvalue weighted by atomic mass is 9.57. The normalized spacial score (nSPS) is 23.2. The number of hydrogen-bond donors (Lipinski definition) is 1. The van der Waals surface area contributed by atoms with E-state index in [0.717, 1.165) is 16.9 Å². The van der Waals surface area contributed by atoms with Crippen molar-refractivity contribution in [3.8, 4) is 5.75 Å². The SMILES string of the molecule is CN(C)c1ccc(N=Nc2ccc(N3C(=O)C4CC=C5C(CC6C(=O)N(c7ccc(N=Nc8ccc(N(C)C)cc8)cc7)C(=O)C6C5c5cc(Cl)ccc5O)C4C3=O)cc2)cc1. The van der Waals surface area contributed by atoms with Crippen LogP contribution in [-0.4, -0.2) is 56.9 Å². The number of azo groups is 2. The number of hydrogen-bond acceptors (Lipinski definition) is 11. The zero-order valence-electron chi connectivity index (χ0n) is 34.5. The number of carbonyl (C=O) groups excluding carboxylic acids is 4. The molecule has 1 saturated carbocycles. The van der Waals surface area contributed by atoms with E-state index in [1.165, 1.54) is 15.9 Å². The Morgan fingerprint density at radius 2 is 0.984 bits per heavy atom. The number of fused-ring (bicyclic) bond motifs is 4. The van der Waals surface area contributed by atoms with Crippen molar-refractivity contribution in [2.45, 2.75) is 18.8 Å². The van der Waals surface area contributed by atoms with Crippen LogP contribution in [0.2, 0.25) is 5.02 Å². The number of benzene rings is 5. The number of phenols is 1. The molecule has 4 amide bonds. The first-order chi connectivity index (χ1) is 29.9. The molecular weight excluding hydrogens is 804 g/mol. The quantitative estimate of drug-likeness (QED) is 0.0881. The van der Waals surface area contributed by atoms with Gasteiger partial charge in [0, 0.05) is 56.1 Å². The van der Waals surface area contributed by atoms with E-state index in [9.17, 15) is 24.3 Å². The van der Waals surface area contributed by atoms with E-state index in [-0.39, 0.29) is 30.4 Å². The van der Waals surface area contributed by atoms with Crippen molar-refractivity contribution in [2.24, 2.45) is 50.0 Å². The van der Waals surface area contributed by atoms with Gasteiger partial charge < -0.3 is 14.9 Å². The first-order valence-electron chi connectivity index (χ1n) is 20.4. The van der Waals surface area contributed by atoms with Gasteiger partial charge in [-0.25, -0.2) is 0 Å². The monoisotopic (exact) mass is 846 g/mol. The third kappa shape index (κ3) is 7.21. The van der Waals surface area contributed by atoms with E-state index in [2.05, 4.69) is 20.5 Å². The van der Waals surface area contributed by atoms with Crippen LogP contribution in [0.25, 0.3) is 0 Å². The van der Waals surface area contributed by atoms with Crippen molar-refractivity contribution < 1.29 is 24.3 Å². The molecule has 62 heavy (non-hydrogen) atoms. The second kappa shape index (κ2) is 16.1. The van der Waals surface area contributed by atoms with Gasteiger partial charge in [-0.15, -0.1) is 0 Å². The van der Waals surface area contributed by atoms with Crippen LogP contribution >= 0.6 is 11.6 Å². The molecule has 0 aromatic heterocycles. The number of carbonyl (C=O) groups is 4. The Labute approximate surface area is 363 Å². The second-order valence-electron chi connectivity index (χ2n) is 16.5. The Bertz CT molecular complexity index is 2680. The van der Waals surface area contributed by atoms with Gasteiger partial charge in [0.05, 0.1) is 57.8 Å². The van der Waals surface area contributed by atoms with Crippen LogP contribution in [0.3, 0.4) is 0 Å². The van der Waals surface area contributed by atoms with E-state index in [4.69, 9.17) is 11.6 Å². The van der Waals surface area contributed by atoms with Crippen molar-refractivity contribution in [1.82, 2.24) is 0 Å². The van der Waals surface area contributed by atoms with Gasteiger partial charge in [0.2, 0.25) is 23.6 Å². The van der Waals surface area contributed by atoms with Crippen molar-refractivity contribution in [3.05, 3.63) is 137 Å². The molecule has 13 nitrogen and oxygen atoms in total. The van der Waals surface area contributed by atoms with Crippen molar-refractivity contribution in [2.75, 3.05) is 47.8 Å². The largest absolute Gasteiger partial charge is 0.508 e. The van der Waals surface area contributed by atoms with Crippen molar-refractivity contribution >= 4 is 80.7 Å². The molecular formula is C48H43ClN8O5. The molecule has 0 spiro atoms. The van der Waals surface area contributed by atoms with Gasteiger partial charge in [0.15, 0.2) is 0 Å². The first kappa shape index (κ1) is 40.4. The molecule has 6 atom stereocenters. The number of amides is 4. The lowest BCUT2D eigenvalue weighted by molar-refractivity contribution is -0.126. The number of imide groups is 2. The molecule has 0 radical (unpaired) electrons. The molecule has 2 heterocycles. The minimum Gasteiger partial charge on any atom is -0.508 e. The Morgan fingerprint density at radius 3 is 1.45 bits per heavy atom. The van der Waals surface area contributed by atoms with Gasteiger partial charge in [0.1, 0.15) is 5.75 Å². The van der Waals surface area contributed by atoms with E-state index >= 15 is 0 Å². The second-order valence-corrected chi connectivity index (χ2v) is 16.9. The molecule has 2 aliphatic carbocycles. The average molecular weight is 847 g/mol. The van der Waals surface area contributed by atoms with Gasteiger partial charge in [-0.3, -0.25) is 29.0 Å². The van der Waals surface area contributed by atoms with E-state index in [1.807, 2.05) is 92.6 Å². The highest BCUT2D eigenvalue weighted by Gasteiger charge is 2.62. The van der Waals surface area contributed by atoms with E-state index in [0.29, 0.717) is 44.7 Å². The molecule has 4 aliphatic rings. The van der Waals surface area contributed by atoms with Gasteiger partial charge in [0.25, 0.3) is 0 Å². The van der Waals surface area contributed by atoms with Crippen LogP contribution in [0.1, 0.15) is 24.3 Å². The first-order valence-corrected chi connectivity index (χ1v) is 20.8. The minimum absolute atomic E-state index is 0.0788. The fraction of sp³-hybridized carbons (Fsp3) is 0.250. The van der Waals surface area contributed by atoms with Crippen LogP contribution in [0.5, 0.6) is 5.75 Å². The number of halogens is 1. The summed E-state index contributed by atoms with van der Waals surface area (Å²) in [7, 11) is 7.84. The molecule has 2 saturated heterocycles. The topological polar surface area (TPSA) is 151 Å². The molecule has 3 fully saturated rings. The number of phenolic OH excluding ortho intramolecular Hbond substituents is 1. The summed E-state index contributed by atoms with van der Waals surface area (Å²) in [6, 6.07) is 33.4. The summed E-state index contributed by atoms with van der Waals surface area (Å²) in [5.41, 5.74) is 6.43. The molecule has 312 valence electrons. The maximum absolute atomic E-state index is 14.6. The molecule has 14 heteroatoms. The van der Waals surface area contributed by atoms with Gasteiger partial charge in [-0.1, -0.05) is 23.3 Å². The maximum Gasteiger partial charge on any atom is 0.238 e. The highest BCUT2D eigenvalue weighted by Crippen LogP contribution is 2.59. The number of allylic oxidation sites excluding steroid dienone is 2. The Kier molecular flexibility index (Phi) is 10.5. The predicted molar refractivity (Wildman–Crippen MR) is 238 cm³/mol. The third-order valence-electron chi connectivity index (χ3n) is 12.5. The summed E-state index contributed by atoms with van der Waals surface area (Å²) >= 11 is 6.51. The van der Waals surface area contributed by atoms with Gasteiger partial charge in [-0.05, 0) is 134 Å². The lowest BCUT2D eigenvalue weighted by Gasteiger charge is -2.44. The Morgan fingerprint density at radius 1 is 0.548 bits per heavy atom. The van der Waals surface area contributed by atoms with Crippen molar-refractivity contribution in [3.63, 3.8) is 0 Å². The zero-order chi connectivity index (χ0) is 43.4. The molecule has 5 aromatic rings. The van der Waals surface area contributed by atoms with Crippen LogP contribution in [0.15, 0.2) is 147 Å². The van der Waals surface area contributed by atoms with E-state index in [1.54, 1.807) is 60.7 Å².